The number of hydrogen-bond acceptors (Lipinski definition) is 3. The number of aliphatic imine (C=N–C) groups is 1. The van der Waals surface area contributed by atoms with E-state index >= 15 is 0 Å². The van der Waals surface area contributed by atoms with Gasteiger partial charge in [-0.3, -0.25) is 4.79 Å². The number of rotatable bonds is 7. The summed E-state index contributed by atoms with van der Waals surface area (Å²) in [6, 6.07) is 9.78. The summed E-state index contributed by atoms with van der Waals surface area (Å²) in [7, 11) is 1.64. The maximum absolute atomic E-state index is 11.7. The summed E-state index contributed by atoms with van der Waals surface area (Å²) in [6.07, 6.45) is 0.827. The highest BCUT2D eigenvalue weighted by Gasteiger charge is 2.04. The third kappa shape index (κ3) is 7.43. The molecule has 1 aromatic carbocycles. The summed E-state index contributed by atoms with van der Waals surface area (Å²) in [4.78, 5) is 16.3. The molecule has 0 saturated carbocycles. The molecule has 3 N–H and O–H groups in total. The Bertz CT molecular complexity index is 673. The normalized spacial score (nSPS) is 10.7. The average Bonchev–Trinajstić information content (AvgIpc) is 3.12. The Balaban J connectivity index is 0.00000312. The summed E-state index contributed by atoms with van der Waals surface area (Å²) in [6.45, 7) is 4.30. The Labute approximate surface area is 170 Å². The van der Waals surface area contributed by atoms with Gasteiger partial charge in [-0.1, -0.05) is 12.1 Å². The summed E-state index contributed by atoms with van der Waals surface area (Å²) in [5.41, 5.74) is 3.03. The van der Waals surface area contributed by atoms with E-state index in [1.807, 2.05) is 24.3 Å². The zero-order valence-electron chi connectivity index (χ0n) is 14.5. The van der Waals surface area contributed by atoms with Crippen LogP contribution in [0.25, 0.3) is 0 Å². The first kappa shape index (κ1) is 21.4. The molecular formula is C18H25IN4OS. The van der Waals surface area contributed by atoms with Gasteiger partial charge in [0.2, 0.25) is 0 Å². The molecule has 0 aliphatic heterocycles. The van der Waals surface area contributed by atoms with Crippen LogP contribution in [0.1, 0.15) is 28.4 Å². The van der Waals surface area contributed by atoms with Gasteiger partial charge in [-0.2, -0.15) is 11.3 Å². The number of carbonyl (C=O) groups is 1. The van der Waals surface area contributed by atoms with Crippen LogP contribution in [0.4, 0.5) is 0 Å². The second-order valence-corrected chi connectivity index (χ2v) is 6.06. The molecule has 7 heteroatoms. The molecule has 0 radical (unpaired) electrons. The molecule has 1 heterocycles. The van der Waals surface area contributed by atoms with Crippen LogP contribution in [-0.4, -0.2) is 32.0 Å². The molecular weight excluding hydrogens is 447 g/mol. The molecule has 0 saturated heterocycles. The van der Waals surface area contributed by atoms with E-state index in [0.29, 0.717) is 12.1 Å². The number of guanidine groups is 1. The van der Waals surface area contributed by atoms with E-state index in [1.54, 1.807) is 18.4 Å². The lowest BCUT2D eigenvalue weighted by Crippen LogP contribution is -2.38. The zero-order chi connectivity index (χ0) is 17.2. The minimum atomic E-state index is -0.0597. The van der Waals surface area contributed by atoms with Crippen molar-refractivity contribution in [2.24, 2.45) is 4.99 Å². The molecule has 0 bridgehead atoms. The van der Waals surface area contributed by atoms with E-state index in [-0.39, 0.29) is 29.9 Å². The van der Waals surface area contributed by atoms with Crippen LogP contribution in [0.15, 0.2) is 46.1 Å². The minimum absolute atomic E-state index is 0. The fraction of sp³-hybridized carbons (Fsp3) is 0.333. The predicted molar refractivity (Wildman–Crippen MR) is 116 cm³/mol. The second-order valence-electron chi connectivity index (χ2n) is 5.28. The van der Waals surface area contributed by atoms with Crippen molar-refractivity contribution < 1.29 is 4.79 Å². The molecule has 2 aromatic rings. The highest BCUT2D eigenvalue weighted by molar-refractivity contribution is 14.0. The van der Waals surface area contributed by atoms with Crippen molar-refractivity contribution in [3.8, 4) is 0 Å². The molecule has 0 spiro atoms. The van der Waals surface area contributed by atoms with Gasteiger partial charge in [0.05, 0.1) is 6.54 Å². The maximum Gasteiger partial charge on any atom is 0.251 e. The van der Waals surface area contributed by atoms with Crippen LogP contribution in [-0.2, 0) is 13.0 Å². The van der Waals surface area contributed by atoms with Crippen LogP contribution < -0.4 is 16.0 Å². The van der Waals surface area contributed by atoms with E-state index in [9.17, 15) is 4.79 Å². The largest absolute Gasteiger partial charge is 0.357 e. The summed E-state index contributed by atoms with van der Waals surface area (Å²) >= 11 is 1.68. The van der Waals surface area contributed by atoms with Gasteiger partial charge in [0, 0.05) is 25.7 Å². The van der Waals surface area contributed by atoms with E-state index in [4.69, 9.17) is 0 Å². The first-order chi connectivity index (χ1) is 11.7. The Hall–Kier alpha value is -1.61. The van der Waals surface area contributed by atoms with Gasteiger partial charge < -0.3 is 16.0 Å². The lowest BCUT2D eigenvalue weighted by Gasteiger charge is -2.11. The fourth-order valence-electron chi connectivity index (χ4n) is 2.23. The molecule has 25 heavy (non-hydrogen) atoms. The van der Waals surface area contributed by atoms with Gasteiger partial charge in [-0.15, -0.1) is 24.0 Å². The molecule has 136 valence electrons. The molecule has 0 aliphatic carbocycles. The summed E-state index contributed by atoms with van der Waals surface area (Å²) in [5.74, 6) is 0.752. The molecule has 1 amide bonds. The van der Waals surface area contributed by atoms with Crippen molar-refractivity contribution in [2.45, 2.75) is 19.9 Å². The van der Waals surface area contributed by atoms with E-state index in [2.05, 4.69) is 44.7 Å². The van der Waals surface area contributed by atoms with Crippen molar-refractivity contribution in [2.75, 3.05) is 20.1 Å². The fourth-order valence-corrected chi connectivity index (χ4v) is 2.89. The van der Waals surface area contributed by atoms with Gasteiger partial charge in [-0.25, -0.2) is 4.99 Å². The molecule has 0 aliphatic rings. The Morgan fingerprint density at radius 3 is 2.72 bits per heavy atom. The van der Waals surface area contributed by atoms with Crippen LogP contribution in [0.5, 0.6) is 0 Å². The minimum Gasteiger partial charge on any atom is -0.357 e. The lowest BCUT2D eigenvalue weighted by molar-refractivity contribution is 0.0963. The van der Waals surface area contributed by atoms with Gasteiger partial charge in [0.15, 0.2) is 5.96 Å². The molecule has 0 atom stereocenters. The standard InChI is InChI=1S/C18H24N4OS.HI/c1-3-20-18(22-12-15-8-10-24-13-15)21-9-7-14-5-4-6-16(11-14)17(23)19-2;/h4-6,8,10-11,13H,3,7,9,12H2,1-2H3,(H,19,23)(H2,20,21,22);1H. The third-order valence-electron chi connectivity index (χ3n) is 3.47. The van der Waals surface area contributed by atoms with E-state index in [0.717, 1.165) is 31.0 Å². The lowest BCUT2D eigenvalue weighted by atomic mass is 10.1. The highest BCUT2D eigenvalue weighted by atomic mass is 127. The zero-order valence-corrected chi connectivity index (χ0v) is 17.7. The SMILES string of the molecule is CCNC(=NCc1ccsc1)NCCc1cccc(C(=O)NC)c1.I. The van der Waals surface area contributed by atoms with Crippen LogP contribution in [0.3, 0.4) is 0 Å². The predicted octanol–water partition coefficient (Wildman–Crippen LogP) is 3.02. The number of nitrogens with zero attached hydrogens (tertiary/aromatic N) is 1. The Morgan fingerprint density at radius 2 is 2.04 bits per heavy atom. The molecule has 2 rings (SSSR count). The maximum atomic E-state index is 11.7. The van der Waals surface area contributed by atoms with Crippen molar-refractivity contribution in [3.63, 3.8) is 0 Å². The second kappa shape index (κ2) is 11.9. The number of thiophene rings is 1. The molecule has 0 unspecified atom stereocenters. The summed E-state index contributed by atoms with van der Waals surface area (Å²) < 4.78 is 0. The topological polar surface area (TPSA) is 65.5 Å². The van der Waals surface area contributed by atoms with Gasteiger partial charge in [0.25, 0.3) is 5.91 Å². The molecule has 0 fully saturated rings. The number of benzene rings is 1. The van der Waals surface area contributed by atoms with Gasteiger partial charge >= 0.3 is 0 Å². The molecule has 1 aromatic heterocycles. The highest BCUT2D eigenvalue weighted by Crippen LogP contribution is 2.07. The van der Waals surface area contributed by atoms with E-state index in [1.165, 1.54) is 5.56 Å². The van der Waals surface area contributed by atoms with Crippen molar-refractivity contribution >= 4 is 47.2 Å². The molecule has 5 nitrogen and oxygen atoms in total. The van der Waals surface area contributed by atoms with Crippen molar-refractivity contribution in [1.29, 1.82) is 0 Å². The quantitative estimate of drug-likeness (QED) is 0.330. The monoisotopic (exact) mass is 472 g/mol. The van der Waals surface area contributed by atoms with Crippen molar-refractivity contribution in [1.82, 2.24) is 16.0 Å². The number of carbonyl (C=O) groups excluding carboxylic acids is 1. The Kier molecular flexibility index (Phi) is 10.2. The number of amides is 1. The number of hydrogen-bond donors (Lipinski definition) is 3. The first-order valence-electron chi connectivity index (χ1n) is 8.07. The van der Waals surface area contributed by atoms with Crippen LogP contribution >= 0.6 is 35.3 Å². The Morgan fingerprint density at radius 1 is 1.20 bits per heavy atom. The van der Waals surface area contributed by atoms with Gasteiger partial charge in [0.1, 0.15) is 0 Å². The van der Waals surface area contributed by atoms with Gasteiger partial charge in [-0.05, 0) is 53.4 Å². The smallest absolute Gasteiger partial charge is 0.251 e. The van der Waals surface area contributed by atoms with E-state index < -0.39 is 0 Å². The number of halogens is 1. The van der Waals surface area contributed by atoms with Crippen LogP contribution in [0.2, 0.25) is 0 Å². The average molecular weight is 472 g/mol. The van der Waals surface area contributed by atoms with Crippen molar-refractivity contribution in [3.05, 3.63) is 57.8 Å². The van der Waals surface area contributed by atoms with Crippen LogP contribution in [0, 0.1) is 0 Å². The summed E-state index contributed by atoms with van der Waals surface area (Å²) in [5, 5.41) is 13.4. The number of nitrogens with one attached hydrogen (secondary N) is 3. The first-order valence-corrected chi connectivity index (χ1v) is 9.01. The third-order valence-corrected chi connectivity index (χ3v) is 4.20.